The van der Waals surface area contributed by atoms with Gasteiger partial charge in [0.15, 0.2) is 0 Å². The van der Waals surface area contributed by atoms with Crippen LogP contribution in [-0.2, 0) is 16.0 Å². The number of piperazine rings is 1. The van der Waals surface area contributed by atoms with E-state index < -0.39 is 6.04 Å². The summed E-state index contributed by atoms with van der Waals surface area (Å²) in [5, 5.41) is 5.33. The van der Waals surface area contributed by atoms with Crippen molar-refractivity contribution in [3.63, 3.8) is 0 Å². The molecule has 4 rings (SSSR count). The van der Waals surface area contributed by atoms with Crippen molar-refractivity contribution >= 4 is 22.6 Å². The summed E-state index contributed by atoms with van der Waals surface area (Å²) in [5.41, 5.74) is 0.969. The molecule has 1 heterocycles. The van der Waals surface area contributed by atoms with Crippen LogP contribution in [0.2, 0.25) is 0 Å². The number of amides is 2. The summed E-state index contributed by atoms with van der Waals surface area (Å²) in [7, 11) is 0. The van der Waals surface area contributed by atoms with Crippen molar-refractivity contribution < 1.29 is 9.59 Å². The first kappa shape index (κ1) is 21.8. The molecule has 1 aliphatic carbocycles. The molecule has 0 aromatic heterocycles. The first-order valence-electron chi connectivity index (χ1n) is 11.8. The summed E-state index contributed by atoms with van der Waals surface area (Å²) in [6.07, 6.45) is 5.56. The third kappa shape index (κ3) is 5.27. The third-order valence-electron chi connectivity index (χ3n) is 6.89. The van der Waals surface area contributed by atoms with Gasteiger partial charge in [-0.15, -0.1) is 0 Å². The second-order valence-electron chi connectivity index (χ2n) is 9.45. The van der Waals surface area contributed by atoms with Gasteiger partial charge in [0.05, 0.1) is 6.42 Å². The maximum absolute atomic E-state index is 13.2. The van der Waals surface area contributed by atoms with Gasteiger partial charge in [-0.05, 0) is 35.1 Å². The zero-order valence-corrected chi connectivity index (χ0v) is 18.8. The van der Waals surface area contributed by atoms with Crippen molar-refractivity contribution in [1.82, 2.24) is 15.1 Å². The molecular weight excluding hydrogens is 386 g/mol. The van der Waals surface area contributed by atoms with Gasteiger partial charge in [0, 0.05) is 32.2 Å². The molecule has 2 amide bonds. The number of hydrogen-bond donors (Lipinski definition) is 1. The summed E-state index contributed by atoms with van der Waals surface area (Å²) in [5.74, 6) is 0.0285. The van der Waals surface area contributed by atoms with Gasteiger partial charge in [-0.3, -0.25) is 14.5 Å². The smallest absolute Gasteiger partial charge is 0.245 e. The average molecular weight is 422 g/mol. The maximum Gasteiger partial charge on any atom is 0.245 e. The van der Waals surface area contributed by atoms with Crippen LogP contribution in [0.5, 0.6) is 0 Å². The maximum atomic E-state index is 13.2. The van der Waals surface area contributed by atoms with Gasteiger partial charge in [-0.25, -0.2) is 0 Å². The van der Waals surface area contributed by atoms with Crippen LogP contribution >= 0.6 is 0 Å². The lowest BCUT2D eigenvalue weighted by Crippen LogP contribution is -2.57. The average Bonchev–Trinajstić information content (AvgIpc) is 3.32. The van der Waals surface area contributed by atoms with Gasteiger partial charge < -0.3 is 10.2 Å². The van der Waals surface area contributed by atoms with E-state index in [1.165, 1.54) is 31.1 Å². The lowest BCUT2D eigenvalue weighted by Gasteiger charge is -2.39. The molecule has 0 spiro atoms. The molecule has 2 aliphatic rings. The number of nitrogens with one attached hydrogen (secondary N) is 1. The van der Waals surface area contributed by atoms with Crippen molar-refractivity contribution in [1.29, 1.82) is 0 Å². The molecule has 2 aromatic rings. The van der Waals surface area contributed by atoms with Crippen molar-refractivity contribution in [2.45, 2.75) is 58.0 Å². The molecule has 1 unspecified atom stereocenters. The molecule has 1 saturated heterocycles. The Morgan fingerprint density at radius 1 is 0.968 bits per heavy atom. The van der Waals surface area contributed by atoms with Crippen LogP contribution in [0.25, 0.3) is 10.8 Å². The molecule has 2 aromatic carbocycles. The van der Waals surface area contributed by atoms with E-state index >= 15 is 0 Å². The summed E-state index contributed by atoms with van der Waals surface area (Å²) >= 11 is 0. The molecule has 166 valence electrons. The van der Waals surface area contributed by atoms with E-state index in [1.807, 2.05) is 43.0 Å². The first-order chi connectivity index (χ1) is 15.0. The molecule has 1 atom stereocenters. The van der Waals surface area contributed by atoms with Gasteiger partial charge >= 0.3 is 0 Å². The van der Waals surface area contributed by atoms with Gasteiger partial charge in [0.25, 0.3) is 0 Å². The number of carbonyl (C=O) groups is 2. The Morgan fingerprint density at radius 2 is 1.65 bits per heavy atom. The van der Waals surface area contributed by atoms with E-state index in [2.05, 4.69) is 28.4 Å². The van der Waals surface area contributed by atoms with Crippen molar-refractivity contribution in [3.05, 3.63) is 48.0 Å². The molecule has 31 heavy (non-hydrogen) atoms. The van der Waals surface area contributed by atoms with E-state index in [4.69, 9.17) is 0 Å². The van der Waals surface area contributed by atoms with Crippen molar-refractivity contribution in [3.8, 4) is 0 Å². The SMILES string of the molecule is CC(C)C(NC(=O)Cc1ccc2ccccc2c1)C(=O)N1CCN(C2CCCC2)CC1. The summed E-state index contributed by atoms with van der Waals surface area (Å²) in [6.45, 7) is 7.44. The number of hydrogen-bond acceptors (Lipinski definition) is 3. The normalized spacial score (nSPS) is 19.1. The van der Waals surface area contributed by atoms with Crippen LogP contribution in [0.15, 0.2) is 42.5 Å². The summed E-state index contributed by atoms with van der Waals surface area (Å²) in [4.78, 5) is 30.5. The number of carbonyl (C=O) groups excluding carboxylic acids is 2. The van der Waals surface area contributed by atoms with Gasteiger partial charge in [0.2, 0.25) is 11.8 Å². The molecule has 2 fully saturated rings. The predicted octanol–water partition coefficient (Wildman–Crippen LogP) is 3.61. The lowest BCUT2D eigenvalue weighted by molar-refractivity contribution is -0.139. The minimum absolute atomic E-state index is 0.0564. The molecule has 5 heteroatoms. The molecule has 1 N–H and O–H groups in total. The van der Waals surface area contributed by atoms with E-state index in [1.54, 1.807) is 0 Å². The summed E-state index contributed by atoms with van der Waals surface area (Å²) in [6, 6.07) is 14.5. The topological polar surface area (TPSA) is 52.7 Å². The van der Waals surface area contributed by atoms with Crippen LogP contribution in [0.3, 0.4) is 0 Å². The highest BCUT2D eigenvalue weighted by Crippen LogP contribution is 2.24. The van der Waals surface area contributed by atoms with Gasteiger partial charge in [0.1, 0.15) is 6.04 Å². The monoisotopic (exact) mass is 421 g/mol. The second-order valence-corrected chi connectivity index (χ2v) is 9.45. The standard InChI is InChI=1S/C26H35N3O2/c1-19(2)25(26(31)29-15-13-28(14-16-29)23-9-5-6-10-23)27-24(30)18-20-11-12-21-7-3-4-8-22(21)17-20/h3-4,7-8,11-12,17,19,23,25H,5-6,9-10,13-16,18H2,1-2H3,(H,27,30). The predicted molar refractivity (Wildman–Crippen MR) is 125 cm³/mol. The van der Waals surface area contributed by atoms with E-state index in [0.717, 1.165) is 37.1 Å². The Kier molecular flexibility index (Phi) is 6.91. The number of benzene rings is 2. The fourth-order valence-electron chi connectivity index (χ4n) is 5.05. The molecule has 5 nitrogen and oxygen atoms in total. The largest absolute Gasteiger partial charge is 0.344 e. The summed E-state index contributed by atoms with van der Waals surface area (Å²) < 4.78 is 0. The van der Waals surface area contributed by atoms with Crippen LogP contribution in [0.4, 0.5) is 0 Å². The number of rotatable bonds is 6. The van der Waals surface area contributed by atoms with Crippen LogP contribution in [0, 0.1) is 5.92 Å². The first-order valence-corrected chi connectivity index (χ1v) is 11.8. The third-order valence-corrected chi connectivity index (χ3v) is 6.89. The Morgan fingerprint density at radius 3 is 2.32 bits per heavy atom. The Hall–Kier alpha value is -2.40. The van der Waals surface area contributed by atoms with Crippen molar-refractivity contribution in [2.75, 3.05) is 26.2 Å². The Bertz CT molecular complexity index is 912. The lowest BCUT2D eigenvalue weighted by atomic mass is 10.0. The molecule has 0 bridgehead atoms. The minimum atomic E-state index is -0.467. The second kappa shape index (κ2) is 9.82. The Balaban J connectivity index is 1.34. The van der Waals surface area contributed by atoms with Crippen molar-refractivity contribution in [2.24, 2.45) is 5.92 Å². The van der Waals surface area contributed by atoms with Gasteiger partial charge in [-0.1, -0.05) is 69.2 Å². The highest BCUT2D eigenvalue weighted by molar-refractivity contribution is 5.89. The molecule has 0 radical (unpaired) electrons. The highest BCUT2D eigenvalue weighted by atomic mass is 16.2. The minimum Gasteiger partial charge on any atom is -0.344 e. The van der Waals surface area contributed by atoms with Crippen LogP contribution < -0.4 is 5.32 Å². The van der Waals surface area contributed by atoms with Crippen LogP contribution in [-0.4, -0.2) is 59.9 Å². The van der Waals surface area contributed by atoms with E-state index in [0.29, 0.717) is 6.04 Å². The molecular formula is C26H35N3O2. The zero-order valence-electron chi connectivity index (χ0n) is 18.8. The quantitative estimate of drug-likeness (QED) is 0.775. The highest BCUT2D eigenvalue weighted by Gasteiger charge is 2.32. The van der Waals surface area contributed by atoms with Crippen LogP contribution in [0.1, 0.15) is 45.1 Å². The molecule has 1 aliphatic heterocycles. The number of fused-ring (bicyclic) bond motifs is 1. The fraction of sp³-hybridized carbons (Fsp3) is 0.538. The van der Waals surface area contributed by atoms with E-state index in [9.17, 15) is 9.59 Å². The number of nitrogens with zero attached hydrogens (tertiary/aromatic N) is 2. The van der Waals surface area contributed by atoms with E-state index in [-0.39, 0.29) is 24.2 Å². The fourth-order valence-corrected chi connectivity index (χ4v) is 5.05. The zero-order chi connectivity index (χ0) is 21.8. The van der Waals surface area contributed by atoms with Gasteiger partial charge in [-0.2, -0.15) is 0 Å². The molecule has 1 saturated carbocycles. The Labute approximate surface area is 185 Å².